The van der Waals surface area contributed by atoms with Gasteiger partial charge in [0.2, 0.25) is 0 Å². The first kappa shape index (κ1) is 19.9. The topological polar surface area (TPSA) is 52.6 Å². The molecule has 0 saturated carbocycles. The fourth-order valence-corrected chi connectivity index (χ4v) is 2.18. The number of carbonyl (C=O) groups excluding carboxylic acids is 2. The van der Waals surface area contributed by atoms with E-state index in [0.29, 0.717) is 13.0 Å². The van der Waals surface area contributed by atoms with Crippen molar-refractivity contribution in [2.45, 2.75) is 91.1 Å². The third-order valence-corrected chi connectivity index (χ3v) is 3.34. The third kappa shape index (κ3) is 12.4. The molecule has 0 bridgehead atoms. The third-order valence-electron chi connectivity index (χ3n) is 3.34. The van der Waals surface area contributed by atoms with Crippen molar-refractivity contribution >= 4 is 11.9 Å². The lowest BCUT2D eigenvalue weighted by Gasteiger charge is -2.15. The summed E-state index contributed by atoms with van der Waals surface area (Å²) in [5.74, 6) is -0.831. The molecule has 0 saturated heterocycles. The number of hydrogen-bond acceptors (Lipinski definition) is 4. The zero-order valence-electron chi connectivity index (χ0n) is 14.0. The first-order valence-electron chi connectivity index (χ1n) is 8.45. The maximum atomic E-state index is 11.8. The van der Waals surface area contributed by atoms with Crippen LogP contribution in [0.25, 0.3) is 0 Å². The van der Waals surface area contributed by atoms with E-state index in [1.807, 2.05) is 6.92 Å². The Morgan fingerprint density at radius 3 is 1.95 bits per heavy atom. The molecule has 0 spiro atoms. The molecule has 0 fully saturated rings. The number of rotatable bonds is 13. The minimum absolute atomic E-state index is 0.383. The molecule has 0 rings (SSSR count). The van der Waals surface area contributed by atoms with Gasteiger partial charge in [0.15, 0.2) is 6.10 Å². The molecule has 4 heteroatoms. The van der Waals surface area contributed by atoms with E-state index in [9.17, 15) is 9.59 Å². The fourth-order valence-electron chi connectivity index (χ4n) is 2.18. The largest absolute Gasteiger partial charge is 0.463 e. The average Bonchev–Trinajstić information content (AvgIpc) is 2.45. The van der Waals surface area contributed by atoms with Gasteiger partial charge < -0.3 is 9.47 Å². The van der Waals surface area contributed by atoms with E-state index in [4.69, 9.17) is 9.47 Å². The Morgan fingerprint density at radius 1 is 0.857 bits per heavy atom. The highest BCUT2D eigenvalue weighted by molar-refractivity contribution is 5.78. The minimum atomic E-state index is -0.728. The highest BCUT2D eigenvalue weighted by atomic mass is 16.6. The van der Waals surface area contributed by atoms with Crippen LogP contribution in [-0.4, -0.2) is 24.6 Å². The van der Waals surface area contributed by atoms with Gasteiger partial charge in [-0.25, -0.2) is 4.79 Å². The van der Waals surface area contributed by atoms with E-state index in [-0.39, 0.29) is 0 Å². The fraction of sp³-hybridized carbons (Fsp3) is 0.882. The zero-order valence-corrected chi connectivity index (χ0v) is 14.0. The summed E-state index contributed by atoms with van der Waals surface area (Å²) in [5.41, 5.74) is 0. The van der Waals surface area contributed by atoms with E-state index in [0.717, 1.165) is 19.3 Å². The summed E-state index contributed by atoms with van der Waals surface area (Å²) < 4.78 is 10.1. The molecule has 21 heavy (non-hydrogen) atoms. The van der Waals surface area contributed by atoms with Crippen LogP contribution in [0.5, 0.6) is 0 Å². The molecule has 0 heterocycles. The highest BCUT2D eigenvalue weighted by Crippen LogP contribution is 2.13. The van der Waals surface area contributed by atoms with Crippen LogP contribution in [0.1, 0.15) is 85.0 Å². The monoisotopic (exact) mass is 300 g/mol. The molecule has 0 amide bonds. The summed E-state index contributed by atoms with van der Waals surface area (Å²) in [6, 6.07) is 0. The van der Waals surface area contributed by atoms with Crippen molar-refractivity contribution in [3.05, 3.63) is 0 Å². The SMILES string of the molecule is CCCCCCCCCC[C@H](OC(C)=O)C(=O)OCCC. The van der Waals surface area contributed by atoms with Gasteiger partial charge in [-0.2, -0.15) is 0 Å². The van der Waals surface area contributed by atoms with Crippen LogP contribution in [0.4, 0.5) is 0 Å². The number of esters is 2. The van der Waals surface area contributed by atoms with Gasteiger partial charge in [-0.3, -0.25) is 4.79 Å². The van der Waals surface area contributed by atoms with Gasteiger partial charge >= 0.3 is 11.9 Å². The van der Waals surface area contributed by atoms with Crippen molar-refractivity contribution < 1.29 is 19.1 Å². The van der Waals surface area contributed by atoms with Crippen molar-refractivity contribution in [2.75, 3.05) is 6.61 Å². The van der Waals surface area contributed by atoms with Crippen LogP contribution in [0, 0.1) is 0 Å². The van der Waals surface area contributed by atoms with Crippen molar-refractivity contribution in [2.24, 2.45) is 0 Å². The van der Waals surface area contributed by atoms with E-state index in [2.05, 4.69) is 6.92 Å². The summed E-state index contributed by atoms with van der Waals surface area (Å²) >= 11 is 0. The second kappa shape index (κ2) is 13.9. The second-order valence-electron chi connectivity index (χ2n) is 5.53. The van der Waals surface area contributed by atoms with Gasteiger partial charge in [-0.15, -0.1) is 0 Å². The summed E-state index contributed by atoms with van der Waals surface area (Å²) in [7, 11) is 0. The van der Waals surface area contributed by atoms with Gasteiger partial charge in [0.1, 0.15) is 0 Å². The van der Waals surface area contributed by atoms with Gasteiger partial charge in [0.05, 0.1) is 6.61 Å². The maximum absolute atomic E-state index is 11.8. The first-order chi connectivity index (χ1) is 10.1. The van der Waals surface area contributed by atoms with E-state index < -0.39 is 18.0 Å². The Hall–Kier alpha value is -1.06. The average molecular weight is 300 g/mol. The van der Waals surface area contributed by atoms with Crippen LogP contribution in [-0.2, 0) is 19.1 Å². The van der Waals surface area contributed by atoms with Gasteiger partial charge in [0, 0.05) is 6.92 Å². The number of hydrogen-bond donors (Lipinski definition) is 0. The Kier molecular flexibility index (Phi) is 13.2. The van der Waals surface area contributed by atoms with Gasteiger partial charge in [0.25, 0.3) is 0 Å². The summed E-state index contributed by atoms with van der Waals surface area (Å²) in [5, 5.41) is 0. The van der Waals surface area contributed by atoms with E-state index in [1.54, 1.807) is 0 Å². The molecule has 0 radical (unpaired) electrons. The molecule has 0 unspecified atom stereocenters. The zero-order chi connectivity index (χ0) is 15.9. The van der Waals surface area contributed by atoms with Crippen LogP contribution in [0.15, 0.2) is 0 Å². The molecule has 1 atom stereocenters. The number of ether oxygens (including phenoxy) is 2. The van der Waals surface area contributed by atoms with Crippen molar-refractivity contribution in [3.63, 3.8) is 0 Å². The molecule has 0 aliphatic carbocycles. The molecule has 0 aliphatic heterocycles. The predicted molar refractivity (Wildman–Crippen MR) is 84.0 cm³/mol. The molecule has 124 valence electrons. The maximum Gasteiger partial charge on any atom is 0.347 e. The summed E-state index contributed by atoms with van der Waals surface area (Å²) in [6.45, 7) is 5.86. The van der Waals surface area contributed by atoms with E-state index in [1.165, 1.54) is 45.4 Å². The molecule has 0 aromatic heterocycles. The molecular weight excluding hydrogens is 268 g/mol. The van der Waals surface area contributed by atoms with Crippen molar-refractivity contribution in [1.82, 2.24) is 0 Å². The van der Waals surface area contributed by atoms with Crippen LogP contribution in [0.2, 0.25) is 0 Å². The predicted octanol–water partition coefficient (Wildman–Crippen LogP) is 4.40. The minimum Gasteiger partial charge on any atom is -0.463 e. The molecule has 0 aromatic carbocycles. The van der Waals surface area contributed by atoms with Crippen molar-refractivity contribution in [3.8, 4) is 0 Å². The van der Waals surface area contributed by atoms with E-state index >= 15 is 0 Å². The second-order valence-corrected chi connectivity index (χ2v) is 5.53. The lowest BCUT2D eigenvalue weighted by molar-refractivity contribution is -0.167. The Bertz CT molecular complexity index is 276. The Morgan fingerprint density at radius 2 is 1.43 bits per heavy atom. The Labute approximate surface area is 129 Å². The lowest BCUT2D eigenvalue weighted by atomic mass is 10.1. The Balaban J connectivity index is 3.80. The van der Waals surface area contributed by atoms with Crippen LogP contribution in [0.3, 0.4) is 0 Å². The van der Waals surface area contributed by atoms with Crippen molar-refractivity contribution in [1.29, 1.82) is 0 Å². The summed E-state index contributed by atoms with van der Waals surface area (Å²) in [4.78, 5) is 22.8. The number of unbranched alkanes of at least 4 members (excludes halogenated alkanes) is 7. The van der Waals surface area contributed by atoms with Gasteiger partial charge in [-0.05, 0) is 19.3 Å². The molecule has 4 nitrogen and oxygen atoms in total. The normalized spacial score (nSPS) is 12.0. The molecular formula is C17H32O4. The lowest BCUT2D eigenvalue weighted by Crippen LogP contribution is -2.28. The molecule has 0 aliphatic rings. The smallest absolute Gasteiger partial charge is 0.347 e. The number of carbonyl (C=O) groups is 2. The van der Waals surface area contributed by atoms with Gasteiger partial charge in [-0.1, -0.05) is 58.8 Å². The molecule has 0 N–H and O–H groups in total. The quantitative estimate of drug-likeness (QED) is 0.373. The standard InChI is InChI=1S/C17H32O4/c1-4-6-7-8-9-10-11-12-13-16(21-15(3)18)17(19)20-14-5-2/h16H,4-14H2,1-3H3/t16-/m0/s1. The molecule has 0 aromatic rings. The van der Waals surface area contributed by atoms with Crippen LogP contribution >= 0.6 is 0 Å². The summed E-state index contributed by atoms with van der Waals surface area (Å²) in [6.07, 6.45) is 10.2. The van der Waals surface area contributed by atoms with Crippen LogP contribution < -0.4 is 0 Å². The highest BCUT2D eigenvalue weighted by Gasteiger charge is 2.22. The first-order valence-corrected chi connectivity index (χ1v) is 8.45.